The molecule has 0 unspecified atom stereocenters. The van der Waals surface area contributed by atoms with Crippen LogP contribution in [0.15, 0.2) is 29.1 Å². The number of hydrogen-bond donors (Lipinski definition) is 1. The van der Waals surface area contributed by atoms with Gasteiger partial charge >= 0.3 is 0 Å². The van der Waals surface area contributed by atoms with Crippen molar-refractivity contribution in [1.82, 2.24) is 19.8 Å². The first-order valence-electron chi connectivity index (χ1n) is 10.1. The number of carbonyl (C=O) groups is 1. The summed E-state index contributed by atoms with van der Waals surface area (Å²) in [6.07, 6.45) is 3.13. The standard InChI is InChI=1S/C22H28N4O2/c1-15-5-3-6-16(11-15)12-20(27)26-9-4-7-17(13-26)21-23-19-8-10-25(2)14-18(19)22(28)24-21/h3,5-6,11,17H,4,7-10,12-14H2,1-2H3,(H,23,24,28)/t17-/m0/s1. The number of aromatic amines is 1. The molecule has 1 aromatic carbocycles. The van der Waals surface area contributed by atoms with Crippen LogP contribution in [0.1, 0.15) is 47.0 Å². The van der Waals surface area contributed by atoms with Gasteiger partial charge in [-0.3, -0.25) is 9.59 Å². The van der Waals surface area contributed by atoms with Crippen LogP contribution >= 0.6 is 0 Å². The number of likely N-dealkylation sites (N-methyl/N-ethyl adjacent to an activating group) is 1. The number of H-pyrrole nitrogens is 1. The lowest BCUT2D eigenvalue weighted by molar-refractivity contribution is -0.131. The van der Waals surface area contributed by atoms with Crippen molar-refractivity contribution in [3.8, 4) is 0 Å². The quantitative estimate of drug-likeness (QED) is 0.884. The summed E-state index contributed by atoms with van der Waals surface area (Å²) in [5.41, 5.74) is 3.93. The van der Waals surface area contributed by atoms with E-state index in [1.165, 1.54) is 5.56 Å². The van der Waals surface area contributed by atoms with Crippen molar-refractivity contribution in [2.75, 3.05) is 26.7 Å². The number of carbonyl (C=O) groups excluding carboxylic acids is 1. The molecule has 0 bridgehead atoms. The fourth-order valence-corrected chi connectivity index (χ4v) is 4.31. The highest BCUT2D eigenvalue weighted by atomic mass is 16.2. The van der Waals surface area contributed by atoms with E-state index in [0.717, 1.165) is 55.0 Å². The highest BCUT2D eigenvalue weighted by Gasteiger charge is 2.28. The minimum Gasteiger partial charge on any atom is -0.342 e. The zero-order valence-corrected chi connectivity index (χ0v) is 16.7. The number of amides is 1. The monoisotopic (exact) mass is 380 g/mol. The first kappa shape index (κ1) is 18.9. The number of aromatic nitrogens is 2. The normalized spacial score (nSPS) is 20.1. The molecule has 148 valence electrons. The van der Waals surface area contributed by atoms with E-state index in [4.69, 9.17) is 4.98 Å². The van der Waals surface area contributed by atoms with Crippen LogP contribution in [-0.2, 0) is 24.2 Å². The number of nitrogens with one attached hydrogen (secondary N) is 1. The van der Waals surface area contributed by atoms with E-state index >= 15 is 0 Å². The second kappa shape index (κ2) is 7.87. The molecular weight excluding hydrogens is 352 g/mol. The Labute approximate surface area is 165 Å². The first-order chi connectivity index (χ1) is 13.5. The Morgan fingerprint density at radius 3 is 3.00 bits per heavy atom. The van der Waals surface area contributed by atoms with Crippen molar-refractivity contribution < 1.29 is 4.79 Å². The van der Waals surface area contributed by atoms with Crippen LogP contribution in [0.25, 0.3) is 0 Å². The van der Waals surface area contributed by atoms with Crippen molar-refractivity contribution in [3.63, 3.8) is 0 Å². The summed E-state index contributed by atoms with van der Waals surface area (Å²) in [6.45, 7) is 5.03. The Balaban J connectivity index is 1.49. The number of nitrogens with zero attached hydrogens (tertiary/aromatic N) is 3. The van der Waals surface area contributed by atoms with Gasteiger partial charge in [-0.25, -0.2) is 4.98 Å². The summed E-state index contributed by atoms with van der Waals surface area (Å²) in [5, 5.41) is 0. The SMILES string of the molecule is Cc1cccc(CC(=O)N2CCC[C@H](c3nc4c(c(=O)[nH]3)CN(C)CC4)C2)c1. The maximum atomic E-state index is 12.8. The predicted octanol–water partition coefficient (Wildman–Crippen LogP) is 2.01. The molecule has 2 aliphatic heterocycles. The van der Waals surface area contributed by atoms with Gasteiger partial charge in [-0.2, -0.15) is 0 Å². The molecule has 2 aliphatic rings. The fraction of sp³-hybridized carbons (Fsp3) is 0.500. The van der Waals surface area contributed by atoms with E-state index in [0.29, 0.717) is 19.5 Å². The molecule has 2 aromatic rings. The number of fused-ring (bicyclic) bond motifs is 1. The summed E-state index contributed by atoms with van der Waals surface area (Å²) >= 11 is 0. The van der Waals surface area contributed by atoms with Gasteiger partial charge in [0.15, 0.2) is 0 Å². The number of benzene rings is 1. The van der Waals surface area contributed by atoms with Crippen molar-refractivity contribution in [2.45, 2.75) is 45.1 Å². The molecule has 3 heterocycles. The predicted molar refractivity (Wildman–Crippen MR) is 108 cm³/mol. The molecule has 1 saturated heterocycles. The highest BCUT2D eigenvalue weighted by molar-refractivity contribution is 5.79. The average Bonchev–Trinajstić information content (AvgIpc) is 2.68. The van der Waals surface area contributed by atoms with Gasteiger partial charge in [-0.1, -0.05) is 29.8 Å². The van der Waals surface area contributed by atoms with Gasteiger partial charge in [0.1, 0.15) is 5.82 Å². The highest BCUT2D eigenvalue weighted by Crippen LogP contribution is 2.25. The van der Waals surface area contributed by atoms with E-state index < -0.39 is 0 Å². The molecule has 1 amide bonds. The Kier molecular flexibility index (Phi) is 5.31. The number of hydrogen-bond acceptors (Lipinski definition) is 4. The zero-order valence-electron chi connectivity index (χ0n) is 16.7. The molecule has 0 aliphatic carbocycles. The molecule has 6 heteroatoms. The zero-order chi connectivity index (χ0) is 19.7. The number of rotatable bonds is 3. The Morgan fingerprint density at radius 2 is 2.18 bits per heavy atom. The molecule has 1 aromatic heterocycles. The number of likely N-dealkylation sites (tertiary alicyclic amines) is 1. The number of piperidine rings is 1. The van der Waals surface area contributed by atoms with E-state index in [1.807, 2.05) is 37.1 Å². The maximum Gasteiger partial charge on any atom is 0.255 e. The largest absolute Gasteiger partial charge is 0.342 e. The molecule has 0 saturated carbocycles. The van der Waals surface area contributed by atoms with Gasteiger partial charge in [-0.15, -0.1) is 0 Å². The molecule has 4 rings (SSSR count). The van der Waals surface area contributed by atoms with Crippen LogP contribution in [0.4, 0.5) is 0 Å². The third-order valence-electron chi connectivity index (χ3n) is 5.88. The second-order valence-electron chi connectivity index (χ2n) is 8.21. The summed E-state index contributed by atoms with van der Waals surface area (Å²) in [7, 11) is 2.02. The first-order valence-corrected chi connectivity index (χ1v) is 10.1. The Morgan fingerprint density at radius 1 is 1.32 bits per heavy atom. The molecule has 1 N–H and O–H groups in total. The van der Waals surface area contributed by atoms with Crippen LogP contribution in [0, 0.1) is 6.92 Å². The van der Waals surface area contributed by atoms with Gasteiger partial charge in [0.2, 0.25) is 5.91 Å². The molecule has 6 nitrogen and oxygen atoms in total. The Bertz CT molecular complexity index is 936. The van der Waals surface area contributed by atoms with E-state index in [-0.39, 0.29) is 17.4 Å². The molecule has 1 atom stereocenters. The minimum absolute atomic E-state index is 0.0187. The van der Waals surface area contributed by atoms with Crippen molar-refractivity contribution in [3.05, 3.63) is 62.8 Å². The van der Waals surface area contributed by atoms with Crippen LogP contribution in [0.2, 0.25) is 0 Å². The van der Waals surface area contributed by atoms with Crippen LogP contribution in [-0.4, -0.2) is 52.4 Å². The van der Waals surface area contributed by atoms with E-state index in [2.05, 4.69) is 16.0 Å². The van der Waals surface area contributed by atoms with Crippen molar-refractivity contribution in [2.24, 2.45) is 0 Å². The van der Waals surface area contributed by atoms with Crippen LogP contribution < -0.4 is 5.56 Å². The molecule has 28 heavy (non-hydrogen) atoms. The van der Waals surface area contributed by atoms with Gasteiger partial charge in [0, 0.05) is 38.5 Å². The van der Waals surface area contributed by atoms with Crippen molar-refractivity contribution in [1.29, 1.82) is 0 Å². The Hall–Kier alpha value is -2.47. The summed E-state index contributed by atoms with van der Waals surface area (Å²) < 4.78 is 0. The molecule has 0 spiro atoms. The third-order valence-corrected chi connectivity index (χ3v) is 5.88. The van der Waals surface area contributed by atoms with Gasteiger partial charge < -0.3 is 14.8 Å². The molecule has 1 fully saturated rings. The number of aryl methyl sites for hydroxylation is 1. The maximum absolute atomic E-state index is 12.8. The van der Waals surface area contributed by atoms with Crippen molar-refractivity contribution >= 4 is 5.91 Å². The topological polar surface area (TPSA) is 69.3 Å². The lowest BCUT2D eigenvalue weighted by atomic mass is 9.95. The fourth-order valence-electron chi connectivity index (χ4n) is 4.31. The van der Waals surface area contributed by atoms with Gasteiger partial charge in [-0.05, 0) is 32.4 Å². The summed E-state index contributed by atoms with van der Waals surface area (Å²) in [6, 6.07) is 8.11. The van der Waals surface area contributed by atoms with Gasteiger partial charge in [0.05, 0.1) is 17.7 Å². The minimum atomic E-state index is -0.0187. The van der Waals surface area contributed by atoms with E-state index in [1.54, 1.807) is 0 Å². The lowest BCUT2D eigenvalue weighted by Gasteiger charge is -2.33. The van der Waals surface area contributed by atoms with E-state index in [9.17, 15) is 9.59 Å². The lowest BCUT2D eigenvalue weighted by Crippen LogP contribution is -2.41. The molecular formula is C22H28N4O2. The second-order valence-corrected chi connectivity index (χ2v) is 8.21. The van der Waals surface area contributed by atoms with Crippen LogP contribution in [0.5, 0.6) is 0 Å². The summed E-state index contributed by atoms with van der Waals surface area (Å²) in [5.74, 6) is 1.01. The smallest absolute Gasteiger partial charge is 0.255 e. The average molecular weight is 380 g/mol. The summed E-state index contributed by atoms with van der Waals surface area (Å²) in [4.78, 5) is 37.3. The van der Waals surface area contributed by atoms with Gasteiger partial charge in [0.25, 0.3) is 5.56 Å². The van der Waals surface area contributed by atoms with Crippen LogP contribution in [0.3, 0.4) is 0 Å². The molecule has 0 radical (unpaired) electrons. The third kappa shape index (κ3) is 4.02.